The Balaban J connectivity index is 4.00. The summed E-state index contributed by atoms with van der Waals surface area (Å²) in [5, 5.41) is 14.0. The van der Waals surface area contributed by atoms with Gasteiger partial charge >= 0.3 is 7.82 Å². The van der Waals surface area contributed by atoms with Crippen LogP contribution in [0.15, 0.2) is 85.1 Å². The molecule has 0 bridgehead atoms. The molecule has 0 spiro atoms. The lowest BCUT2D eigenvalue weighted by Crippen LogP contribution is -2.45. The molecule has 0 saturated carbocycles. The van der Waals surface area contributed by atoms with Crippen LogP contribution >= 0.6 is 7.82 Å². The number of aliphatic hydroxyl groups is 1. The van der Waals surface area contributed by atoms with Gasteiger partial charge < -0.3 is 19.8 Å². The summed E-state index contributed by atoms with van der Waals surface area (Å²) in [5.74, 6) is -0.185. The maximum atomic E-state index is 13.1. The van der Waals surface area contributed by atoms with Gasteiger partial charge in [0.1, 0.15) is 13.2 Å². The normalized spacial score (nSPS) is 14.1. The molecular weight excluding hydrogens is 1090 g/mol. The maximum Gasteiger partial charge on any atom is 0.472 e. The smallest absolute Gasteiger partial charge is 0.387 e. The van der Waals surface area contributed by atoms with Crippen molar-refractivity contribution < 1.29 is 32.9 Å². The zero-order valence-electron chi connectivity index (χ0n) is 58.3. The number of unbranched alkanes of at least 4 members (excludes halogenated alkanes) is 44. The Morgan fingerprint density at radius 2 is 0.701 bits per heavy atom. The van der Waals surface area contributed by atoms with Crippen molar-refractivity contribution in [3.8, 4) is 0 Å². The summed E-state index contributed by atoms with van der Waals surface area (Å²) in [5.41, 5.74) is 0. The lowest BCUT2D eigenvalue weighted by atomic mass is 10.0. The van der Waals surface area contributed by atoms with E-state index in [9.17, 15) is 19.4 Å². The number of hydrogen-bond donors (Lipinski definition) is 3. The monoisotopic (exact) mass is 1240 g/mol. The third-order valence-electron chi connectivity index (χ3n) is 16.8. The van der Waals surface area contributed by atoms with E-state index in [-0.39, 0.29) is 19.1 Å². The molecule has 0 aliphatic rings. The highest BCUT2D eigenvalue weighted by atomic mass is 31.2. The maximum absolute atomic E-state index is 13.1. The van der Waals surface area contributed by atoms with E-state index in [0.717, 1.165) is 70.6 Å². The fraction of sp³-hybridized carbons (Fsp3) is 0.808. The van der Waals surface area contributed by atoms with Gasteiger partial charge in [-0.05, 0) is 83.5 Å². The summed E-state index contributed by atoms with van der Waals surface area (Å²) in [6.45, 7) is 4.72. The van der Waals surface area contributed by atoms with Gasteiger partial charge in [-0.15, -0.1) is 0 Å². The number of allylic oxidation sites excluding steroid dienone is 13. The minimum Gasteiger partial charge on any atom is -0.387 e. The zero-order chi connectivity index (χ0) is 63.4. The van der Waals surface area contributed by atoms with E-state index in [1.54, 1.807) is 6.08 Å². The Labute approximate surface area is 541 Å². The minimum absolute atomic E-state index is 0.0532. The Morgan fingerprint density at radius 3 is 1.06 bits per heavy atom. The molecule has 0 aliphatic heterocycles. The van der Waals surface area contributed by atoms with Crippen molar-refractivity contribution in [1.29, 1.82) is 0 Å². The number of hydrogen-bond acceptors (Lipinski definition) is 5. The highest BCUT2D eigenvalue weighted by Crippen LogP contribution is 2.43. The number of phosphoric acid groups is 1. The van der Waals surface area contributed by atoms with Gasteiger partial charge in [-0.1, -0.05) is 349 Å². The third kappa shape index (κ3) is 71.0. The molecule has 0 fully saturated rings. The molecule has 1 amide bonds. The molecule has 0 aromatic rings. The number of amides is 1. The van der Waals surface area contributed by atoms with Gasteiger partial charge in [-0.2, -0.15) is 0 Å². The first-order valence-corrected chi connectivity index (χ1v) is 39.0. The molecule has 3 unspecified atom stereocenters. The van der Waals surface area contributed by atoms with Crippen LogP contribution in [0.4, 0.5) is 0 Å². The van der Waals surface area contributed by atoms with Crippen LogP contribution in [0.25, 0.3) is 0 Å². The van der Waals surface area contributed by atoms with Crippen LogP contribution in [-0.4, -0.2) is 73.4 Å². The minimum atomic E-state index is -4.37. The molecule has 3 N–H and O–H groups in total. The largest absolute Gasteiger partial charge is 0.472 e. The number of quaternary nitrogens is 1. The summed E-state index contributed by atoms with van der Waals surface area (Å²) in [6.07, 6.45) is 97.7. The SMILES string of the molecule is CC/C=C\C/C=C\C/C=C\C/C=C\CCCCCCCCCCCCCCCCCCCCCCCCCCCCC(=O)NC(COP(=O)(O)OCC[N+](C)(C)C)C(O)/C=C/CC/C=C/CC/C=C/CCCCCCCCCCCCCCCCCC. The van der Waals surface area contributed by atoms with Gasteiger partial charge in [0.25, 0.3) is 0 Å². The van der Waals surface area contributed by atoms with Crippen LogP contribution in [0, 0.1) is 0 Å². The molecule has 9 heteroatoms. The molecule has 508 valence electrons. The van der Waals surface area contributed by atoms with Gasteiger partial charge in [0.05, 0.1) is 39.9 Å². The van der Waals surface area contributed by atoms with Crippen molar-refractivity contribution in [1.82, 2.24) is 5.32 Å². The lowest BCUT2D eigenvalue weighted by molar-refractivity contribution is -0.870. The predicted molar refractivity (Wildman–Crippen MR) is 383 cm³/mol. The summed E-state index contributed by atoms with van der Waals surface area (Å²) in [6, 6.07) is -0.873. The molecule has 0 saturated heterocycles. The average molecular weight is 1240 g/mol. The van der Waals surface area contributed by atoms with E-state index in [4.69, 9.17) is 9.05 Å². The quantitative estimate of drug-likeness (QED) is 0.0243. The molecule has 0 rings (SSSR count). The number of phosphoric ester groups is 1. The molecule has 0 radical (unpaired) electrons. The number of rotatable bonds is 69. The zero-order valence-corrected chi connectivity index (χ0v) is 59.2. The van der Waals surface area contributed by atoms with Crippen molar-refractivity contribution in [2.45, 2.75) is 366 Å². The molecule has 0 heterocycles. The van der Waals surface area contributed by atoms with Crippen LogP contribution in [0.1, 0.15) is 354 Å². The van der Waals surface area contributed by atoms with Gasteiger partial charge in [0.15, 0.2) is 0 Å². The summed E-state index contributed by atoms with van der Waals surface area (Å²) >= 11 is 0. The van der Waals surface area contributed by atoms with Gasteiger partial charge in [0.2, 0.25) is 5.91 Å². The molecule has 87 heavy (non-hydrogen) atoms. The highest BCUT2D eigenvalue weighted by Gasteiger charge is 2.28. The third-order valence-corrected chi connectivity index (χ3v) is 17.8. The molecule has 3 atom stereocenters. The number of nitrogens with one attached hydrogen (secondary N) is 1. The number of likely N-dealkylation sites (N-methyl/N-ethyl adjacent to an activating group) is 1. The van der Waals surface area contributed by atoms with E-state index < -0.39 is 20.0 Å². The molecule has 8 nitrogen and oxygen atoms in total. The first-order valence-electron chi connectivity index (χ1n) is 37.5. The van der Waals surface area contributed by atoms with Crippen molar-refractivity contribution in [3.05, 3.63) is 85.1 Å². The second-order valence-corrected chi connectivity index (χ2v) is 28.1. The second kappa shape index (κ2) is 68.1. The number of nitrogens with zero attached hydrogens (tertiary/aromatic N) is 1. The fourth-order valence-electron chi connectivity index (χ4n) is 11.1. The average Bonchev–Trinajstić information content (AvgIpc) is 3.69. The van der Waals surface area contributed by atoms with Crippen molar-refractivity contribution in [3.63, 3.8) is 0 Å². The Hall–Kier alpha value is -2.32. The summed E-state index contributed by atoms with van der Waals surface area (Å²) < 4.78 is 23.8. The van der Waals surface area contributed by atoms with Crippen molar-refractivity contribution in [2.24, 2.45) is 0 Å². The first kappa shape index (κ1) is 84.7. The van der Waals surface area contributed by atoms with E-state index in [0.29, 0.717) is 17.4 Å². The van der Waals surface area contributed by atoms with Crippen LogP contribution < -0.4 is 5.32 Å². The number of aliphatic hydroxyl groups excluding tert-OH is 1. The number of carbonyl (C=O) groups is 1. The van der Waals surface area contributed by atoms with Crippen LogP contribution in [0.2, 0.25) is 0 Å². The molecule has 0 aliphatic carbocycles. The summed E-state index contributed by atoms with van der Waals surface area (Å²) in [4.78, 5) is 23.4. The molecular formula is C78H146N2O6P+. The molecule has 0 aromatic heterocycles. The van der Waals surface area contributed by atoms with Gasteiger partial charge in [0, 0.05) is 6.42 Å². The van der Waals surface area contributed by atoms with Crippen molar-refractivity contribution in [2.75, 3.05) is 40.9 Å². The van der Waals surface area contributed by atoms with Crippen LogP contribution in [-0.2, 0) is 18.4 Å². The van der Waals surface area contributed by atoms with E-state index in [2.05, 4.69) is 92.1 Å². The van der Waals surface area contributed by atoms with Gasteiger partial charge in [-0.25, -0.2) is 4.57 Å². The lowest BCUT2D eigenvalue weighted by Gasteiger charge is -2.25. The van der Waals surface area contributed by atoms with E-state index in [1.807, 2.05) is 27.2 Å². The predicted octanol–water partition coefficient (Wildman–Crippen LogP) is 24.3. The topological polar surface area (TPSA) is 105 Å². The van der Waals surface area contributed by atoms with Gasteiger partial charge in [-0.3, -0.25) is 13.8 Å². The Morgan fingerprint density at radius 1 is 0.402 bits per heavy atom. The van der Waals surface area contributed by atoms with E-state index >= 15 is 0 Å². The Kier molecular flexibility index (Phi) is 66.2. The van der Waals surface area contributed by atoms with Crippen LogP contribution in [0.5, 0.6) is 0 Å². The number of carbonyl (C=O) groups excluding carboxylic acids is 1. The van der Waals surface area contributed by atoms with Crippen molar-refractivity contribution >= 4 is 13.7 Å². The Bertz CT molecular complexity index is 1700. The summed E-state index contributed by atoms with van der Waals surface area (Å²) in [7, 11) is 1.56. The van der Waals surface area contributed by atoms with E-state index in [1.165, 1.54) is 263 Å². The molecule has 0 aromatic carbocycles. The fourth-order valence-corrected chi connectivity index (χ4v) is 11.8. The van der Waals surface area contributed by atoms with Crippen LogP contribution in [0.3, 0.4) is 0 Å². The standard InChI is InChI=1S/C78H145N2O6P/c1-6-8-10-12-14-16-18-20-22-24-26-28-30-32-34-35-36-37-38-39-40-41-42-43-44-45-46-48-50-52-54-56-58-60-62-64-66-68-70-72-78(82)79-76(75-86-87(83,84)85-74-73-80(3,4)5)77(81)71-69-67-65-63-61-59-57-55-53-51-49-47-33-31-29-27-25-23-21-19-17-15-13-11-9-7-2/h8,10,14,16,20,22,26,28,53,55,61,63,69,71,76-77,81H,6-7,9,11-13,15,17-19,21,23-25,27,29-52,54,56-60,62,64-68,70,72-75H2,1-5H3,(H-,79,82,83,84)/p+1/b10-8-,16-14-,22-20-,28-26-,55-53+,63-61+,71-69+. The highest BCUT2D eigenvalue weighted by molar-refractivity contribution is 7.47. The second-order valence-electron chi connectivity index (χ2n) is 26.6. The first-order chi connectivity index (χ1) is 42.5.